The fourth-order valence-electron chi connectivity index (χ4n) is 3.26. The van der Waals surface area contributed by atoms with E-state index in [9.17, 15) is 0 Å². The van der Waals surface area contributed by atoms with Gasteiger partial charge in [-0.3, -0.25) is 0 Å². The molecule has 20 heavy (non-hydrogen) atoms. The minimum Gasteiger partial charge on any atom is -0.301 e. The average molecular weight is 277 g/mol. The molecule has 0 spiro atoms. The van der Waals surface area contributed by atoms with Crippen LogP contribution in [0.5, 0.6) is 0 Å². The molecule has 0 saturated carbocycles. The van der Waals surface area contributed by atoms with E-state index in [2.05, 4.69) is 70.0 Å². The molecule has 2 heteroatoms. The molecule has 0 amide bonds. The van der Waals surface area contributed by atoms with Crippen molar-refractivity contribution >= 4 is 0 Å². The molecule has 114 valence electrons. The van der Waals surface area contributed by atoms with Crippen LogP contribution >= 0.6 is 0 Å². The Hall–Kier alpha value is -0.860. The van der Waals surface area contributed by atoms with Crippen molar-refractivity contribution in [2.45, 2.75) is 65.5 Å². The smallest absolute Gasteiger partial charge is 0.0631 e. The minimum atomic E-state index is 0.111. The number of rotatable bonds is 8. The van der Waals surface area contributed by atoms with Crippen molar-refractivity contribution in [3.05, 3.63) is 35.9 Å². The highest BCUT2D eigenvalue weighted by Crippen LogP contribution is 2.39. The molecule has 0 saturated heterocycles. The molecule has 1 aromatic rings. The van der Waals surface area contributed by atoms with E-state index in [-0.39, 0.29) is 5.54 Å². The lowest BCUT2D eigenvalue weighted by Gasteiger charge is -2.46. The maximum Gasteiger partial charge on any atom is 0.0631 e. The van der Waals surface area contributed by atoms with Crippen molar-refractivity contribution < 1.29 is 4.84 Å². The summed E-state index contributed by atoms with van der Waals surface area (Å²) in [7, 11) is 1.81. The molecule has 1 unspecified atom stereocenters. The molecule has 0 radical (unpaired) electrons. The highest BCUT2D eigenvalue weighted by atomic mass is 16.7. The molecule has 0 aliphatic heterocycles. The fourth-order valence-corrected chi connectivity index (χ4v) is 3.26. The zero-order valence-corrected chi connectivity index (χ0v) is 14.0. The molecule has 0 fully saturated rings. The number of hydroxylamine groups is 2. The molecule has 0 aliphatic rings. The van der Waals surface area contributed by atoms with Crippen LogP contribution in [0.15, 0.2) is 30.3 Å². The first kappa shape index (κ1) is 17.2. The van der Waals surface area contributed by atoms with Crippen LogP contribution in [0.2, 0.25) is 0 Å². The monoisotopic (exact) mass is 277 g/mol. The zero-order chi connectivity index (χ0) is 15.2. The van der Waals surface area contributed by atoms with Gasteiger partial charge in [0.25, 0.3) is 0 Å². The van der Waals surface area contributed by atoms with Gasteiger partial charge < -0.3 is 4.84 Å². The molecule has 0 bridgehead atoms. The van der Waals surface area contributed by atoms with Crippen LogP contribution in [0.25, 0.3) is 0 Å². The first-order valence-corrected chi connectivity index (χ1v) is 7.94. The van der Waals surface area contributed by atoms with Crippen LogP contribution in [-0.2, 0) is 4.84 Å². The first-order chi connectivity index (χ1) is 9.56. The second-order valence-corrected chi connectivity index (χ2v) is 5.89. The minimum absolute atomic E-state index is 0.111. The third-order valence-corrected chi connectivity index (χ3v) is 4.66. The highest BCUT2D eigenvalue weighted by Gasteiger charge is 2.38. The molecule has 1 rings (SSSR count). The Kier molecular flexibility index (Phi) is 6.70. The number of hydrogen-bond donors (Lipinski definition) is 0. The SMILES string of the molecule is CCC(CC)(CC)N(OC)C(c1ccccc1)C(C)C. The molecule has 1 atom stereocenters. The summed E-state index contributed by atoms with van der Waals surface area (Å²) in [4.78, 5) is 5.90. The summed E-state index contributed by atoms with van der Waals surface area (Å²) in [5, 5.41) is 2.26. The van der Waals surface area contributed by atoms with Crippen molar-refractivity contribution in [2.75, 3.05) is 7.11 Å². The van der Waals surface area contributed by atoms with Gasteiger partial charge in [-0.15, -0.1) is 0 Å². The molecule has 0 heterocycles. The summed E-state index contributed by atoms with van der Waals surface area (Å²) in [6.45, 7) is 11.3. The molecule has 2 nitrogen and oxygen atoms in total. The molecule has 0 N–H and O–H groups in total. The lowest BCUT2D eigenvalue weighted by molar-refractivity contribution is -0.243. The Morgan fingerprint density at radius 2 is 1.50 bits per heavy atom. The van der Waals surface area contributed by atoms with Gasteiger partial charge in [-0.25, -0.2) is 0 Å². The predicted molar refractivity (Wildman–Crippen MR) is 86.5 cm³/mol. The maximum atomic E-state index is 5.90. The van der Waals surface area contributed by atoms with Crippen molar-refractivity contribution in [1.29, 1.82) is 0 Å². The molecule has 1 aromatic carbocycles. The zero-order valence-electron chi connectivity index (χ0n) is 14.0. The van der Waals surface area contributed by atoms with E-state index in [4.69, 9.17) is 4.84 Å². The molecular weight excluding hydrogens is 246 g/mol. The quantitative estimate of drug-likeness (QED) is 0.604. The maximum absolute atomic E-state index is 5.90. The van der Waals surface area contributed by atoms with Crippen molar-refractivity contribution in [1.82, 2.24) is 5.06 Å². The van der Waals surface area contributed by atoms with Gasteiger partial charge in [0.2, 0.25) is 0 Å². The van der Waals surface area contributed by atoms with E-state index in [0.717, 1.165) is 19.3 Å². The topological polar surface area (TPSA) is 12.5 Å². The van der Waals surface area contributed by atoms with Crippen LogP contribution in [0.3, 0.4) is 0 Å². The van der Waals surface area contributed by atoms with Gasteiger partial charge in [0.15, 0.2) is 0 Å². The van der Waals surface area contributed by atoms with E-state index in [0.29, 0.717) is 12.0 Å². The summed E-state index contributed by atoms with van der Waals surface area (Å²) in [5.41, 5.74) is 1.45. The molecule has 0 aliphatic carbocycles. The van der Waals surface area contributed by atoms with E-state index in [1.54, 1.807) is 0 Å². The summed E-state index contributed by atoms with van der Waals surface area (Å²) < 4.78 is 0. The van der Waals surface area contributed by atoms with Crippen LogP contribution in [0.1, 0.15) is 65.5 Å². The Balaban J connectivity index is 3.23. The number of benzene rings is 1. The third-order valence-electron chi connectivity index (χ3n) is 4.66. The van der Waals surface area contributed by atoms with E-state index in [1.165, 1.54) is 5.56 Å². The number of nitrogens with zero attached hydrogens (tertiary/aromatic N) is 1. The van der Waals surface area contributed by atoms with Crippen LogP contribution in [-0.4, -0.2) is 17.7 Å². The molecular formula is C18H31NO. The van der Waals surface area contributed by atoms with Crippen molar-refractivity contribution in [3.8, 4) is 0 Å². The van der Waals surface area contributed by atoms with Crippen LogP contribution in [0, 0.1) is 5.92 Å². The van der Waals surface area contributed by atoms with Crippen molar-refractivity contribution in [3.63, 3.8) is 0 Å². The average Bonchev–Trinajstić information content (AvgIpc) is 2.48. The number of hydrogen-bond acceptors (Lipinski definition) is 2. The Morgan fingerprint density at radius 1 is 1.00 bits per heavy atom. The summed E-state index contributed by atoms with van der Waals surface area (Å²) >= 11 is 0. The molecule has 0 aromatic heterocycles. The second-order valence-electron chi connectivity index (χ2n) is 5.89. The van der Waals surface area contributed by atoms with E-state index < -0.39 is 0 Å². The van der Waals surface area contributed by atoms with E-state index >= 15 is 0 Å². The predicted octanol–water partition coefficient (Wildman–Crippen LogP) is 5.22. The first-order valence-electron chi connectivity index (χ1n) is 7.94. The van der Waals surface area contributed by atoms with Crippen LogP contribution < -0.4 is 0 Å². The van der Waals surface area contributed by atoms with Gasteiger partial charge in [-0.1, -0.05) is 65.0 Å². The lowest BCUT2D eigenvalue weighted by Crippen LogP contribution is -2.50. The van der Waals surface area contributed by atoms with Gasteiger partial charge in [-0.2, -0.15) is 5.06 Å². The van der Waals surface area contributed by atoms with Gasteiger partial charge in [0.05, 0.1) is 13.2 Å². The largest absolute Gasteiger partial charge is 0.301 e. The van der Waals surface area contributed by atoms with Crippen LogP contribution in [0.4, 0.5) is 0 Å². The third kappa shape index (κ3) is 3.42. The van der Waals surface area contributed by atoms with Crippen molar-refractivity contribution in [2.24, 2.45) is 5.92 Å². The van der Waals surface area contributed by atoms with Gasteiger partial charge >= 0.3 is 0 Å². The Morgan fingerprint density at radius 3 is 1.85 bits per heavy atom. The Bertz CT molecular complexity index is 362. The summed E-state index contributed by atoms with van der Waals surface area (Å²) in [6.07, 6.45) is 3.30. The van der Waals surface area contributed by atoms with Gasteiger partial charge in [-0.05, 0) is 30.7 Å². The fraction of sp³-hybridized carbons (Fsp3) is 0.667. The standard InChI is InChI=1S/C18H31NO/c1-7-18(8-2,9-3)19(20-6)17(15(4)5)16-13-11-10-12-14-16/h10-15,17H,7-9H2,1-6H3. The summed E-state index contributed by atoms with van der Waals surface area (Å²) in [6, 6.07) is 11.0. The normalized spacial score (nSPS) is 14.0. The summed E-state index contributed by atoms with van der Waals surface area (Å²) in [5.74, 6) is 0.501. The second kappa shape index (κ2) is 7.80. The Labute approximate surface area is 125 Å². The lowest BCUT2D eigenvalue weighted by atomic mass is 9.85. The highest BCUT2D eigenvalue weighted by molar-refractivity contribution is 5.20. The van der Waals surface area contributed by atoms with Gasteiger partial charge in [0, 0.05) is 5.54 Å². The van der Waals surface area contributed by atoms with E-state index in [1.807, 2.05) is 7.11 Å². The van der Waals surface area contributed by atoms with Gasteiger partial charge in [0.1, 0.15) is 0 Å².